The fourth-order valence-electron chi connectivity index (χ4n) is 1.47. The second-order valence-electron chi connectivity index (χ2n) is 3.82. The predicted octanol–water partition coefficient (Wildman–Crippen LogP) is 4.38. The van der Waals surface area contributed by atoms with E-state index in [1.54, 1.807) is 18.2 Å². The highest BCUT2D eigenvalue weighted by Crippen LogP contribution is 2.22. The van der Waals surface area contributed by atoms with Crippen molar-refractivity contribution in [2.75, 3.05) is 0 Å². The van der Waals surface area contributed by atoms with E-state index in [1.165, 1.54) is 17.4 Å². The van der Waals surface area contributed by atoms with E-state index in [2.05, 4.69) is 5.32 Å². The van der Waals surface area contributed by atoms with Crippen LogP contribution in [0.25, 0.3) is 6.08 Å². The minimum Gasteiger partial charge on any atom is -0.348 e. The number of hydrogen-bond donors (Lipinski definition) is 1. The quantitative estimate of drug-likeness (QED) is 0.834. The number of rotatable bonds is 4. The lowest BCUT2D eigenvalue weighted by Crippen LogP contribution is -2.20. The highest BCUT2D eigenvalue weighted by Gasteiger charge is 1.98. The summed E-state index contributed by atoms with van der Waals surface area (Å²) < 4.78 is 0.707. The Bertz CT molecular complexity index is 607. The minimum atomic E-state index is -0.149. The Hall–Kier alpha value is -1.29. The first-order valence-corrected chi connectivity index (χ1v) is 7.16. The molecule has 0 atom stereocenters. The van der Waals surface area contributed by atoms with Crippen LogP contribution < -0.4 is 5.32 Å². The van der Waals surface area contributed by atoms with E-state index in [4.69, 9.17) is 23.2 Å². The molecule has 1 N–H and O–H groups in total. The topological polar surface area (TPSA) is 29.1 Å². The third-order valence-corrected chi connectivity index (χ3v) is 3.78. The van der Waals surface area contributed by atoms with E-state index in [0.29, 0.717) is 15.9 Å². The Balaban J connectivity index is 1.86. The largest absolute Gasteiger partial charge is 0.348 e. The molecule has 2 rings (SSSR count). The zero-order chi connectivity index (χ0) is 13.7. The van der Waals surface area contributed by atoms with Crippen LogP contribution in [0.5, 0.6) is 0 Å². The fraction of sp³-hybridized carbons (Fsp3) is 0.0714. The molecule has 0 aliphatic carbocycles. The van der Waals surface area contributed by atoms with E-state index in [9.17, 15) is 4.79 Å². The minimum absolute atomic E-state index is 0.149. The molecule has 0 aliphatic rings. The monoisotopic (exact) mass is 311 g/mol. The smallest absolute Gasteiger partial charge is 0.244 e. The lowest BCUT2D eigenvalue weighted by Gasteiger charge is -2.02. The van der Waals surface area contributed by atoms with Crippen LogP contribution in [0.1, 0.15) is 10.4 Å². The van der Waals surface area contributed by atoms with Gasteiger partial charge >= 0.3 is 0 Å². The first-order valence-electron chi connectivity index (χ1n) is 5.59. The summed E-state index contributed by atoms with van der Waals surface area (Å²) in [6.07, 6.45) is 3.23. The molecule has 5 heteroatoms. The Morgan fingerprint density at radius 1 is 1.26 bits per heavy atom. The van der Waals surface area contributed by atoms with Crippen LogP contribution in [0.15, 0.2) is 42.5 Å². The van der Waals surface area contributed by atoms with Gasteiger partial charge in [0.1, 0.15) is 0 Å². The molecular formula is C14H11Cl2NOS. The van der Waals surface area contributed by atoms with Gasteiger partial charge in [0.25, 0.3) is 0 Å². The van der Waals surface area contributed by atoms with Crippen LogP contribution in [-0.4, -0.2) is 5.91 Å². The molecule has 1 aromatic heterocycles. The molecule has 0 unspecified atom stereocenters. The van der Waals surface area contributed by atoms with E-state index in [-0.39, 0.29) is 5.91 Å². The summed E-state index contributed by atoms with van der Waals surface area (Å²) >= 11 is 13.1. The normalized spacial score (nSPS) is 10.8. The van der Waals surface area contributed by atoms with Crippen molar-refractivity contribution in [1.82, 2.24) is 5.32 Å². The van der Waals surface area contributed by atoms with Crippen LogP contribution >= 0.6 is 34.5 Å². The summed E-state index contributed by atoms with van der Waals surface area (Å²) in [5, 5.41) is 3.45. The molecule has 2 nitrogen and oxygen atoms in total. The summed E-state index contributed by atoms with van der Waals surface area (Å²) in [4.78, 5) is 12.6. The second-order valence-corrected chi connectivity index (χ2v) is 6.01. The molecule has 0 fully saturated rings. The van der Waals surface area contributed by atoms with Gasteiger partial charge in [-0.25, -0.2) is 0 Å². The van der Waals surface area contributed by atoms with Crippen molar-refractivity contribution in [1.29, 1.82) is 0 Å². The maximum atomic E-state index is 11.6. The van der Waals surface area contributed by atoms with Crippen molar-refractivity contribution in [2.45, 2.75) is 6.54 Å². The van der Waals surface area contributed by atoms with E-state index in [1.807, 2.05) is 24.3 Å². The van der Waals surface area contributed by atoms with E-state index >= 15 is 0 Å². The van der Waals surface area contributed by atoms with Gasteiger partial charge in [0.15, 0.2) is 0 Å². The van der Waals surface area contributed by atoms with Gasteiger partial charge in [0, 0.05) is 22.5 Å². The van der Waals surface area contributed by atoms with Crippen LogP contribution in [0.3, 0.4) is 0 Å². The molecule has 0 aliphatic heterocycles. The Labute approximate surface area is 125 Å². The summed E-state index contributed by atoms with van der Waals surface area (Å²) in [5.41, 5.74) is 0.966. The summed E-state index contributed by atoms with van der Waals surface area (Å²) in [6, 6.07) is 11.1. The summed E-state index contributed by atoms with van der Waals surface area (Å²) in [6.45, 7) is 0.453. The van der Waals surface area contributed by atoms with Crippen molar-refractivity contribution in [3.8, 4) is 0 Å². The maximum Gasteiger partial charge on any atom is 0.244 e. The highest BCUT2D eigenvalue weighted by molar-refractivity contribution is 7.17. The molecule has 0 radical (unpaired) electrons. The van der Waals surface area contributed by atoms with Crippen LogP contribution in [0.4, 0.5) is 0 Å². The molecule has 0 bridgehead atoms. The van der Waals surface area contributed by atoms with Crippen LogP contribution in [0, 0.1) is 0 Å². The Kier molecular flexibility index (Phi) is 5.02. The molecule has 0 spiro atoms. The number of hydrogen-bond acceptors (Lipinski definition) is 2. The van der Waals surface area contributed by atoms with Crippen molar-refractivity contribution in [3.05, 3.63) is 62.3 Å². The second kappa shape index (κ2) is 6.75. The molecule has 0 saturated heterocycles. The fourth-order valence-corrected chi connectivity index (χ4v) is 2.65. The van der Waals surface area contributed by atoms with Gasteiger partial charge in [-0.2, -0.15) is 0 Å². The molecular weight excluding hydrogens is 301 g/mol. The van der Waals surface area contributed by atoms with Crippen molar-refractivity contribution in [2.24, 2.45) is 0 Å². The molecule has 98 valence electrons. The first kappa shape index (κ1) is 14.1. The Morgan fingerprint density at radius 2 is 2.11 bits per heavy atom. The third-order valence-electron chi connectivity index (χ3n) is 2.35. The standard InChI is InChI=1S/C14H11Cl2NOS/c15-11-3-1-2-10(8-11)9-17-14(18)7-5-12-4-6-13(16)19-12/h1-8H,9H2,(H,17,18)/b7-5+. The number of amides is 1. The Morgan fingerprint density at radius 3 is 2.79 bits per heavy atom. The summed E-state index contributed by atoms with van der Waals surface area (Å²) in [5.74, 6) is -0.149. The summed E-state index contributed by atoms with van der Waals surface area (Å²) in [7, 11) is 0. The van der Waals surface area contributed by atoms with Gasteiger partial charge < -0.3 is 5.32 Å². The molecule has 1 aromatic carbocycles. The number of carbonyl (C=O) groups is 1. The number of thiophene rings is 1. The van der Waals surface area contributed by atoms with Gasteiger partial charge in [-0.05, 0) is 35.9 Å². The molecule has 1 amide bonds. The van der Waals surface area contributed by atoms with E-state index < -0.39 is 0 Å². The number of carbonyl (C=O) groups excluding carboxylic acids is 1. The van der Waals surface area contributed by atoms with Crippen molar-refractivity contribution in [3.63, 3.8) is 0 Å². The molecule has 2 aromatic rings. The lowest BCUT2D eigenvalue weighted by atomic mass is 10.2. The lowest BCUT2D eigenvalue weighted by molar-refractivity contribution is -0.116. The van der Waals surface area contributed by atoms with Gasteiger partial charge in [0.2, 0.25) is 5.91 Å². The number of benzene rings is 1. The van der Waals surface area contributed by atoms with Crippen molar-refractivity contribution < 1.29 is 4.79 Å². The van der Waals surface area contributed by atoms with Crippen molar-refractivity contribution >= 4 is 46.5 Å². The zero-order valence-corrected chi connectivity index (χ0v) is 12.2. The van der Waals surface area contributed by atoms with Crippen LogP contribution in [0.2, 0.25) is 9.36 Å². The van der Waals surface area contributed by atoms with Gasteiger partial charge in [-0.15, -0.1) is 11.3 Å². The molecule has 19 heavy (non-hydrogen) atoms. The number of halogens is 2. The van der Waals surface area contributed by atoms with Gasteiger partial charge in [-0.1, -0.05) is 35.3 Å². The van der Waals surface area contributed by atoms with Gasteiger partial charge in [-0.3, -0.25) is 4.79 Å². The highest BCUT2D eigenvalue weighted by atomic mass is 35.5. The molecule has 1 heterocycles. The van der Waals surface area contributed by atoms with Crippen LogP contribution in [-0.2, 0) is 11.3 Å². The zero-order valence-electron chi connectivity index (χ0n) is 9.90. The number of nitrogens with one attached hydrogen (secondary N) is 1. The average Bonchev–Trinajstić information content (AvgIpc) is 2.80. The molecule has 0 saturated carbocycles. The first-order chi connectivity index (χ1) is 9.13. The SMILES string of the molecule is O=C(/C=C/c1ccc(Cl)s1)NCc1cccc(Cl)c1. The third kappa shape index (κ3) is 4.71. The van der Waals surface area contributed by atoms with Gasteiger partial charge in [0.05, 0.1) is 4.34 Å². The maximum absolute atomic E-state index is 11.6. The van der Waals surface area contributed by atoms with E-state index in [0.717, 1.165) is 10.4 Å². The average molecular weight is 312 g/mol. The predicted molar refractivity (Wildman–Crippen MR) is 81.7 cm³/mol.